The molecule has 4 nitrogen and oxygen atoms in total. The molecular weight excluding hydrogens is 360 g/mol. The van der Waals surface area contributed by atoms with Crippen LogP contribution in [0.3, 0.4) is 0 Å². The van der Waals surface area contributed by atoms with Crippen LogP contribution in [0.2, 0.25) is 0 Å². The second-order valence-corrected chi connectivity index (χ2v) is 7.92. The summed E-state index contributed by atoms with van der Waals surface area (Å²) >= 11 is 4.41. The molecule has 3 N–H and O–H groups in total. The molecule has 1 rings (SSSR count). The van der Waals surface area contributed by atoms with Gasteiger partial charge in [-0.25, -0.2) is 13.1 Å². The molecule has 1 aromatic rings. The van der Waals surface area contributed by atoms with Crippen molar-refractivity contribution in [3.63, 3.8) is 0 Å². The number of halogens is 2. The van der Waals surface area contributed by atoms with Gasteiger partial charge in [0.2, 0.25) is 0 Å². The Kier molecular flexibility index (Phi) is 7.96. The molecule has 0 aliphatic carbocycles. The van der Waals surface area contributed by atoms with Crippen LogP contribution in [0.1, 0.15) is 20.3 Å². The lowest BCUT2D eigenvalue weighted by atomic mass is 10.1. The summed E-state index contributed by atoms with van der Waals surface area (Å²) in [5.74, 6) is 0.401. The highest BCUT2D eigenvalue weighted by atomic mass is 79.9. The molecule has 0 bridgehead atoms. The van der Waals surface area contributed by atoms with E-state index < -0.39 is 10.0 Å². The minimum Gasteiger partial charge on any atom is -0.329 e. The van der Waals surface area contributed by atoms with E-state index in [2.05, 4.69) is 20.7 Å². The van der Waals surface area contributed by atoms with Crippen molar-refractivity contribution < 1.29 is 8.42 Å². The monoisotopic (exact) mass is 376 g/mol. The topological polar surface area (TPSA) is 72.2 Å². The first-order chi connectivity index (χ1) is 7.86. The van der Waals surface area contributed by atoms with Gasteiger partial charge in [-0.3, -0.25) is 0 Å². The number of rotatable bonds is 6. The Morgan fingerprint density at radius 3 is 2.50 bits per heavy atom. The lowest BCUT2D eigenvalue weighted by molar-refractivity contribution is 0.465. The zero-order valence-electron chi connectivity index (χ0n) is 10.2. The van der Waals surface area contributed by atoms with Crippen molar-refractivity contribution in [2.45, 2.75) is 30.5 Å². The van der Waals surface area contributed by atoms with Crippen molar-refractivity contribution >= 4 is 49.7 Å². The predicted molar refractivity (Wildman–Crippen MR) is 81.9 cm³/mol. The van der Waals surface area contributed by atoms with E-state index in [1.54, 1.807) is 11.4 Å². The van der Waals surface area contributed by atoms with Gasteiger partial charge in [-0.05, 0) is 39.7 Å². The largest absolute Gasteiger partial charge is 0.329 e. The number of hydrogen-bond donors (Lipinski definition) is 2. The van der Waals surface area contributed by atoms with Crippen molar-refractivity contribution in [2.75, 3.05) is 6.54 Å². The highest BCUT2D eigenvalue weighted by Gasteiger charge is 2.23. The van der Waals surface area contributed by atoms with Gasteiger partial charge in [0.05, 0.1) is 0 Å². The van der Waals surface area contributed by atoms with Crippen LogP contribution in [0.15, 0.2) is 20.1 Å². The molecule has 1 unspecified atom stereocenters. The SMILES string of the molecule is CC(C)CC(CN)NS(=O)(=O)c1sccc1Br.Cl. The third kappa shape index (κ3) is 5.14. The fourth-order valence-corrected chi connectivity index (χ4v) is 5.12. The van der Waals surface area contributed by atoms with Crippen LogP contribution in [0, 0.1) is 5.92 Å². The van der Waals surface area contributed by atoms with Crippen molar-refractivity contribution in [3.8, 4) is 0 Å². The van der Waals surface area contributed by atoms with Crippen LogP contribution in [0.4, 0.5) is 0 Å². The van der Waals surface area contributed by atoms with Crippen molar-refractivity contribution in [3.05, 3.63) is 15.9 Å². The van der Waals surface area contributed by atoms with Gasteiger partial charge >= 0.3 is 0 Å². The molecule has 1 aromatic heterocycles. The second-order valence-electron chi connectivity index (χ2n) is 4.24. The van der Waals surface area contributed by atoms with E-state index in [9.17, 15) is 8.42 Å². The molecule has 0 saturated heterocycles. The summed E-state index contributed by atoms with van der Waals surface area (Å²) in [7, 11) is -3.46. The average molecular weight is 378 g/mol. The molecule has 8 heteroatoms. The quantitative estimate of drug-likeness (QED) is 0.800. The molecule has 0 saturated carbocycles. The molecule has 106 valence electrons. The molecule has 0 aromatic carbocycles. The maximum absolute atomic E-state index is 12.1. The van der Waals surface area contributed by atoms with Gasteiger partial charge in [-0.1, -0.05) is 13.8 Å². The van der Waals surface area contributed by atoms with Crippen LogP contribution in [0.25, 0.3) is 0 Å². The van der Waals surface area contributed by atoms with Gasteiger partial charge in [-0.2, -0.15) is 0 Å². The number of sulfonamides is 1. The number of thiophene rings is 1. The summed E-state index contributed by atoms with van der Waals surface area (Å²) < 4.78 is 27.7. The lowest BCUT2D eigenvalue weighted by Crippen LogP contribution is -2.40. The standard InChI is InChI=1S/C10H17BrN2O2S2.ClH/c1-7(2)5-8(6-12)13-17(14,15)10-9(11)3-4-16-10;/h3-4,7-8,13H,5-6,12H2,1-2H3;1H. The van der Waals surface area contributed by atoms with E-state index in [0.29, 0.717) is 21.1 Å². The first kappa shape index (κ1) is 18.3. The number of nitrogens with one attached hydrogen (secondary N) is 1. The Morgan fingerprint density at radius 2 is 2.11 bits per heavy atom. The summed E-state index contributed by atoms with van der Waals surface area (Å²) in [4.78, 5) is 0. The molecule has 0 aliphatic heterocycles. The van der Waals surface area contributed by atoms with Crippen molar-refractivity contribution in [1.82, 2.24) is 4.72 Å². The van der Waals surface area contributed by atoms with Gasteiger partial charge in [0.1, 0.15) is 4.21 Å². The summed E-state index contributed by atoms with van der Waals surface area (Å²) in [6.07, 6.45) is 0.735. The lowest BCUT2D eigenvalue weighted by Gasteiger charge is -2.18. The van der Waals surface area contributed by atoms with Crippen LogP contribution in [-0.4, -0.2) is 21.0 Å². The minimum atomic E-state index is -3.46. The Balaban J connectivity index is 0.00000289. The maximum atomic E-state index is 12.1. The van der Waals surface area contributed by atoms with Gasteiger partial charge < -0.3 is 5.73 Å². The van der Waals surface area contributed by atoms with Gasteiger partial charge in [-0.15, -0.1) is 23.7 Å². The van der Waals surface area contributed by atoms with Gasteiger partial charge in [0, 0.05) is 17.1 Å². The van der Waals surface area contributed by atoms with E-state index in [1.165, 1.54) is 11.3 Å². The van der Waals surface area contributed by atoms with Crippen LogP contribution >= 0.6 is 39.7 Å². The summed E-state index contributed by atoms with van der Waals surface area (Å²) in [6, 6.07) is 1.51. The normalized spacial score (nSPS) is 13.4. The fraction of sp³-hybridized carbons (Fsp3) is 0.600. The van der Waals surface area contributed by atoms with E-state index in [0.717, 1.165) is 6.42 Å². The van der Waals surface area contributed by atoms with Crippen LogP contribution in [0.5, 0.6) is 0 Å². The van der Waals surface area contributed by atoms with Crippen molar-refractivity contribution in [1.29, 1.82) is 0 Å². The molecule has 0 amide bonds. The Labute approximate surface area is 127 Å². The molecule has 0 radical (unpaired) electrons. The van der Waals surface area contributed by atoms with Gasteiger partial charge in [0.15, 0.2) is 0 Å². The van der Waals surface area contributed by atoms with E-state index in [1.807, 2.05) is 13.8 Å². The molecule has 1 atom stereocenters. The molecule has 0 spiro atoms. The Bertz CT molecular complexity index is 462. The smallest absolute Gasteiger partial charge is 0.251 e. The highest BCUT2D eigenvalue weighted by molar-refractivity contribution is 9.10. The highest BCUT2D eigenvalue weighted by Crippen LogP contribution is 2.27. The van der Waals surface area contributed by atoms with E-state index in [-0.39, 0.29) is 18.4 Å². The molecule has 0 aliphatic rings. The third-order valence-electron chi connectivity index (χ3n) is 2.19. The van der Waals surface area contributed by atoms with Crippen molar-refractivity contribution in [2.24, 2.45) is 11.7 Å². The molecular formula is C10H18BrClN2O2S2. The molecule has 18 heavy (non-hydrogen) atoms. The second kappa shape index (κ2) is 7.81. The van der Waals surface area contributed by atoms with Gasteiger partial charge in [0.25, 0.3) is 10.0 Å². The number of hydrogen-bond acceptors (Lipinski definition) is 4. The molecule has 1 heterocycles. The Hall–Kier alpha value is 0.340. The summed E-state index contributed by atoms with van der Waals surface area (Å²) in [5, 5.41) is 1.73. The Morgan fingerprint density at radius 1 is 1.50 bits per heavy atom. The van der Waals surface area contributed by atoms with Crippen LogP contribution < -0.4 is 10.5 Å². The van der Waals surface area contributed by atoms with E-state index >= 15 is 0 Å². The number of nitrogens with two attached hydrogens (primary N) is 1. The summed E-state index contributed by atoms with van der Waals surface area (Å²) in [5.41, 5.74) is 5.58. The fourth-order valence-electron chi connectivity index (χ4n) is 1.51. The van der Waals surface area contributed by atoms with E-state index in [4.69, 9.17) is 5.73 Å². The average Bonchev–Trinajstić information content (AvgIpc) is 2.63. The first-order valence-electron chi connectivity index (χ1n) is 5.32. The van der Waals surface area contributed by atoms with Crippen LogP contribution in [-0.2, 0) is 10.0 Å². The third-order valence-corrected chi connectivity index (χ3v) is 6.38. The zero-order valence-corrected chi connectivity index (χ0v) is 14.3. The maximum Gasteiger partial charge on any atom is 0.251 e. The first-order valence-corrected chi connectivity index (χ1v) is 8.47. The summed E-state index contributed by atoms with van der Waals surface area (Å²) in [6.45, 7) is 4.39. The minimum absolute atomic E-state index is 0. The predicted octanol–water partition coefficient (Wildman–Crippen LogP) is 2.58. The molecule has 0 fully saturated rings. The zero-order chi connectivity index (χ0) is 13.1.